The highest BCUT2D eigenvalue weighted by Crippen LogP contribution is 2.05. The molecule has 0 spiro atoms. The Balaban J connectivity index is 2.34. The van der Waals surface area contributed by atoms with Crippen LogP contribution >= 0.6 is 0 Å². The normalized spacial score (nSPS) is 22.3. The summed E-state index contributed by atoms with van der Waals surface area (Å²) in [6.07, 6.45) is 1.06. The molecule has 0 bridgehead atoms. The van der Waals surface area contributed by atoms with Crippen LogP contribution in [0.15, 0.2) is 0 Å². The molecule has 1 aliphatic heterocycles. The number of amides is 2. The fraction of sp³-hybridized carbons (Fsp3) is 0.875. The minimum Gasteiger partial charge on any atom is -0.338 e. The van der Waals surface area contributed by atoms with Gasteiger partial charge in [-0.15, -0.1) is 0 Å². The maximum atomic E-state index is 11.3. The average Bonchev–Trinajstić information content (AvgIpc) is 2.55. The van der Waals surface area contributed by atoms with E-state index in [0.717, 1.165) is 19.5 Å². The summed E-state index contributed by atoms with van der Waals surface area (Å²) in [5, 5.41) is 6.01. The van der Waals surface area contributed by atoms with Gasteiger partial charge in [-0.1, -0.05) is 0 Å². The smallest absolute Gasteiger partial charge is 0.317 e. The molecule has 4 heteroatoms. The lowest BCUT2D eigenvalue weighted by Gasteiger charge is -2.23. The molecule has 2 amide bonds. The first kappa shape index (κ1) is 9.32. The van der Waals surface area contributed by atoms with Crippen LogP contribution in [0.1, 0.15) is 13.3 Å². The van der Waals surface area contributed by atoms with E-state index in [9.17, 15) is 4.79 Å². The second-order valence-electron chi connectivity index (χ2n) is 3.09. The third kappa shape index (κ3) is 2.11. The largest absolute Gasteiger partial charge is 0.338 e. The Kier molecular flexibility index (Phi) is 3.34. The number of likely N-dealkylation sites (N-methyl/N-ethyl adjacent to an activating group) is 1. The SMILES string of the molecule is CCNC(=O)N(C)[C@@H]1CCNC1. The van der Waals surface area contributed by atoms with Gasteiger partial charge in [-0.2, -0.15) is 0 Å². The number of carbonyl (C=O) groups excluding carboxylic acids is 1. The van der Waals surface area contributed by atoms with Gasteiger partial charge in [0.2, 0.25) is 0 Å². The summed E-state index contributed by atoms with van der Waals surface area (Å²) in [7, 11) is 1.85. The second-order valence-corrected chi connectivity index (χ2v) is 3.09. The van der Waals surface area contributed by atoms with Gasteiger partial charge in [-0.25, -0.2) is 4.79 Å². The minimum absolute atomic E-state index is 0.0335. The van der Waals surface area contributed by atoms with Gasteiger partial charge >= 0.3 is 6.03 Å². The van der Waals surface area contributed by atoms with Crippen molar-refractivity contribution >= 4 is 6.03 Å². The van der Waals surface area contributed by atoms with E-state index in [4.69, 9.17) is 0 Å². The Labute approximate surface area is 73.3 Å². The third-order valence-electron chi connectivity index (χ3n) is 2.23. The van der Waals surface area contributed by atoms with Gasteiger partial charge in [0.25, 0.3) is 0 Å². The van der Waals surface area contributed by atoms with Crippen LogP contribution in [0.2, 0.25) is 0 Å². The highest BCUT2D eigenvalue weighted by atomic mass is 16.2. The van der Waals surface area contributed by atoms with Crippen LogP contribution in [0.5, 0.6) is 0 Å². The van der Waals surface area contributed by atoms with Gasteiger partial charge in [0.1, 0.15) is 0 Å². The van der Waals surface area contributed by atoms with Crippen LogP contribution in [0.3, 0.4) is 0 Å². The Morgan fingerprint density at radius 3 is 3.00 bits per heavy atom. The van der Waals surface area contributed by atoms with Crippen LogP contribution in [0.4, 0.5) is 4.79 Å². The molecule has 0 aromatic carbocycles. The van der Waals surface area contributed by atoms with Crippen LogP contribution in [0, 0.1) is 0 Å². The number of carbonyl (C=O) groups is 1. The molecule has 2 N–H and O–H groups in total. The molecule has 1 heterocycles. The lowest BCUT2D eigenvalue weighted by atomic mass is 10.2. The predicted octanol–water partition coefficient (Wildman–Crippen LogP) is 0.00960. The summed E-state index contributed by atoms with van der Waals surface area (Å²) in [6.45, 7) is 4.57. The molecule has 4 nitrogen and oxygen atoms in total. The molecule has 70 valence electrons. The zero-order valence-corrected chi connectivity index (χ0v) is 7.76. The Morgan fingerprint density at radius 1 is 1.75 bits per heavy atom. The number of hydrogen-bond donors (Lipinski definition) is 2. The summed E-state index contributed by atoms with van der Waals surface area (Å²) in [4.78, 5) is 13.1. The van der Waals surface area contributed by atoms with Crippen molar-refractivity contribution < 1.29 is 4.79 Å². The van der Waals surface area contributed by atoms with Crippen LogP contribution in [-0.2, 0) is 0 Å². The van der Waals surface area contributed by atoms with Crippen LogP contribution < -0.4 is 10.6 Å². The van der Waals surface area contributed by atoms with E-state index in [2.05, 4.69) is 10.6 Å². The Hall–Kier alpha value is -0.770. The van der Waals surface area contributed by atoms with E-state index in [0.29, 0.717) is 12.6 Å². The predicted molar refractivity (Wildman–Crippen MR) is 48.1 cm³/mol. The molecule has 1 fully saturated rings. The molecule has 0 aromatic heterocycles. The minimum atomic E-state index is 0.0335. The van der Waals surface area contributed by atoms with E-state index in [1.54, 1.807) is 4.90 Å². The molecule has 0 aromatic rings. The van der Waals surface area contributed by atoms with Crippen molar-refractivity contribution in [2.24, 2.45) is 0 Å². The number of hydrogen-bond acceptors (Lipinski definition) is 2. The summed E-state index contributed by atoms with van der Waals surface area (Å²) in [5.41, 5.74) is 0. The van der Waals surface area contributed by atoms with Crippen molar-refractivity contribution in [1.29, 1.82) is 0 Å². The van der Waals surface area contributed by atoms with E-state index in [-0.39, 0.29) is 6.03 Å². The summed E-state index contributed by atoms with van der Waals surface area (Å²) in [6, 6.07) is 0.405. The van der Waals surface area contributed by atoms with Gasteiger partial charge in [0.15, 0.2) is 0 Å². The molecule has 12 heavy (non-hydrogen) atoms. The number of rotatable bonds is 2. The Bertz CT molecular complexity index is 154. The molecule has 1 rings (SSSR count). The van der Waals surface area contributed by atoms with E-state index in [1.165, 1.54) is 0 Å². The van der Waals surface area contributed by atoms with Crippen molar-refractivity contribution in [2.45, 2.75) is 19.4 Å². The Morgan fingerprint density at radius 2 is 2.50 bits per heavy atom. The monoisotopic (exact) mass is 171 g/mol. The second kappa shape index (κ2) is 4.30. The highest BCUT2D eigenvalue weighted by Gasteiger charge is 2.22. The molecule has 0 saturated carbocycles. The molecule has 1 aliphatic rings. The molecule has 0 radical (unpaired) electrons. The van der Waals surface area contributed by atoms with Gasteiger partial charge in [-0.3, -0.25) is 0 Å². The van der Waals surface area contributed by atoms with Crippen LogP contribution in [-0.4, -0.2) is 43.7 Å². The summed E-state index contributed by atoms with van der Waals surface area (Å²) >= 11 is 0. The topological polar surface area (TPSA) is 44.4 Å². The third-order valence-corrected chi connectivity index (χ3v) is 2.23. The van der Waals surface area contributed by atoms with Gasteiger partial charge < -0.3 is 15.5 Å². The standard InChI is InChI=1S/C8H17N3O/c1-3-10-8(12)11(2)7-4-5-9-6-7/h7,9H,3-6H2,1-2H3,(H,10,12)/t7-/m1/s1. The van der Waals surface area contributed by atoms with Crippen molar-refractivity contribution in [3.05, 3.63) is 0 Å². The molecular formula is C8H17N3O. The van der Waals surface area contributed by atoms with Gasteiger partial charge in [-0.05, 0) is 19.9 Å². The summed E-state index contributed by atoms with van der Waals surface area (Å²) < 4.78 is 0. The van der Waals surface area contributed by atoms with Crippen LogP contribution in [0.25, 0.3) is 0 Å². The number of nitrogens with one attached hydrogen (secondary N) is 2. The quantitative estimate of drug-likeness (QED) is 0.614. The molecular weight excluding hydrogens is 154 g/mol. The first-order chi connectivity index (χ1) is 5.75. The van der Waals surface area contributed by atoms with Gasteiger partial charge in [0.05, 0.1) is 0 Å². The first-order valence-electron chi connectivity index (χ1n) is 4.47. The maximum absolute atomic E-state index is 11.3. The van der Waals surface area contributed by atoms with Gasteiger partial charge in [0, 0.05) is 26.2 Å². The number of urea groups is 1. The van der Waals surface area contributed by atoms with Crippen molar-refractivity contribution in [1.82, 2.24) is 15.5 Å². The average molecular weight is 171 g/mol. The first-order valence-corrected chi connectivity index (χ1v) is 4.47. The molecule has 0 unspecified atom stereocenters. The molecule has 1 atom stereocenters. The van der Waals surface area contributed by atoms with Crippen molar-refractivity contribution in [3.63, 3.8) is 0 Å². The van der Waals surface area contributed by atoms with Crippen molar-refractivity contribution in [2.75, 3.05) is 26.7 Å². The highest BCUT2D eigenvalue weighted by molar-refractivity contribution is 5.74. The lowest BCUT2D eigenvalue weighted by molar-refractivity contribution is 0.194. The van der Waals surface area contributed by atoms with E-state index < -0.39 is 0 Å². The zero-order chi connectivity index (χ0) is 8.97. The lowest BCUT2D eigenvalue weighted by Crippen LogP contribution is -2.44. The van der Waals surface area contributed by atoms with E-state index in [1.807, 2.05) is 14.0 Å². The fourth-order valence-electron chi connectivity index (χ4n) is 1.41. The maximum Gasteiger partial charge on any atom is 0.317 e. The fourth-order valence-corrected chi connectivity index (χ4v) is 1.41. The summed E-state index contributed by atoms with van der Waals surface area (Å²) in [5.74, 6) is 0. The van der Waals surface area contributed by atoms with E-state index >= 15 is 0 Å². The zero-order valence-electron chi connectivity index (χ0n) is 7.76. The number of nitrogens with zero attached hydrogens (tertiary/aromatic N) is 1. The molecule has 1 saturated heterocycles. The molecule has 0 aliphatic carbocycles. The van der Waals surface area contributed by atoms with Crippen molar-refractivity contribution in [3.8, 4) is 0 Å².